The van der Waals surface area contributed by atoms with Crippen LogP contribution in [0.3, 0.4) is 0 Å². The van der Waals surface area contributed by atoms with Crippen molar-refractivity contribution in [3.8, 4) is 0 Å². The standard InChI is InChI=1S/C27H53NO8/c1-4-6-7-8-9-10-11-12-13-14-15-16-17-21(30)23(31)20(28-19(3)29)18-35-27-26(34)25(33)24(32)22(5-2)36-27/h20-27,30-34H,4-18H2,1-3H3,(H,28,29)/t20-,21+,22?,23?,24-,25-,26?,27-/m0/s1. The molecule has 0 aromatic rings. The van der Waals surface area contributed by atoms with Crippen molar-refractivity contribution < 1.29 is 39.8 Å². The van der Waals surface area contributed by atoms with E-state index in [0.717, 1.165) is 19.3 Å². The number of aliphatic hydroxyl groups is 5. The summed E-state index contributed by atoms with van der Waals surface area (Å²) in [5.41, 5.74) is 0. The molecule has 214 valence electrons. The Morgan fingerprint density at radius 3 is 1.86 bits per heavy atom. The molecule has 0 aliphatic carbocycles. The van der Waals surface area contributed by atoms with Gasteiger partial charge in [-0.1, -0.05) is 90.9 Å². The van der Waals surface area contributed by atoms with Crippen LogP contribution in [0.2, 0.25) is 0 Å². The second kappa shape index (κ2) is 19.3. The molecule has 0 aromatic carbocycles. The third-order valence-corrected chi connectivity index (χ3v) is 7.06. The topological polar surface area (TPSA) is 149 Å². The van der Waals surface area contributed by atoms with Gasteiger partial charge in [0.15, 0.2) is 6.29 Å². The van der Waals surface area contributed by atoms with Gasteiger partial charge in [-0.05, 0) is 12.8 Å². The van der Waals surface area contributed by atoms with Gasteiger partial charge in [0.1, 0.15) is 24.4 Å². The number of hydrogen-bond donors (Lipinski definition) is 6. The smallest absolute Gasteiger partial charge is 0.217 e. The van der Waals surface area contributed by atoms with E-state index >= 15 is 0 Å². The summed E-state index contributed by atoms with van der Waals surface area (Å²) >= 11 is 0. The molecule has 1 heterocycles. The number of aliphatic hydroxyl groups excluding tert-OH is 5. The Morgan fingerprint density at radius 1 is 0.833 bits per heavy atom. The molecule has 1 saturated heterocycles. The van der Waals surface area contributed by atoms with Gasteiger partial charge in [-0.15, -0.1) is 0 Å². The van der Waals surface area contributed by atoms with Gasteiger partial charge in [0.2, 0.25) is 5.91 Å². The van der Waals surface area contributed by atoms with Gasteiger partial charge in [-0.2, -0.15) is 0 Å². The minimum absolute atomic E-state index is 0.239. The molecular formula is C27H53NO8. The second-order valence-electron chi connectivity index (χ2n) is 10.3. The highest BCUT2D eigenvalue weighted by atomic mass is 16.7. The van der Waals surface area contributed by atoms with E-state index in [1.54, 1.807) is 6.92 Å². The normalized spacial score (nSPS) is 26.9. The molecule has 0 bridgehead atoms. The van der Waals surface area contributed by atoms with Crippen molar-refractivity contribution in [1.29, 1.82) is 0 Å². The second-order valence-corrected chi connectivity index (χ2v) is 10.3. The number of amides is 1. The van der Waals surface area contributed by atoms with Crippen LogP contribution in [0.5, 0.6) is 0 Å². The summed E-state index contributed by atoms with van der Waals surface area (Å²) in [5.74, 6) is -0.396. The van der Waals surface area contributed by atoms with Crippen LogP contribution >= 0.6 is 0 Å². The number of unbranched alkanes of at least 4 members (excludes halogenated alkanes) is 11. The van der Waals surface area contributed by atoms with Crippen LogP contribution in [0, 0.1) is 0 Å². The Morgan fingerprint density at radius 2 is 1.36 bits per heavy atom. The van der Waals surface area contributed by atoms with Crippen molar-refractivity contribution in [1.82, 2.24) is 5.32 Å². The molecular weight excluding hydrogens is 466 g/mol. The molecule has 0 radical (unpaired) electrons. The van der Waals surface area contributed by atoms with E-state index in [4.69, 9.17) is 9.47 Å². The Labute approximate surface area is 217 Å². The average molecular weight is 520 g/mol. The summed E-state index contributed by atoms with van der Waals surface area (Å²) in [6.45, 7) is 5.06. The van der Waals surface area contributed by atoms with Crippen molar-refractivity contribution in [2.24, 2.45) is 0 Å². The molecule has 1 fully saturated rings. The minimum Gasteiger partial charge on any atom is -0.390 e. The van der Waals surface area contributed by atoms with Crippen LogP contribution in [0.15, 0.2) is 0 Å². The number of carbonyl (C=O) groups is 1. The molecule has 1 aliphatic rings. The summed E-state index contributed by atoms with van der Waals surface area (Å²) < 4.78 is 11.1. The van der Waals surface area contributed by atoms with E-state index in [1.807, 2.05) is 0 Å². The average Bonchev–Trinajstić information content (AvgIpc) is 2.86. The van der Waals surface area contributed by atoms with E-state index in [9.17, 15) is 30.3 Å². The Bertz CT molecular complexity index is 564. The summed E-state index contributed by atoms with van der Waals surface area (Å²) in [5, 5.41) is 53.9. The lowest BCUT2D eigenvalue weighted by Gasteiger charge is -2.40. The molecule has 9 nitrogen and oxygen atoms in total. The molecule has 36 heavy (non-hydrogen) atoms. The van der Waals surface area contributed by atoms with Crippen molar-refractivity contribution in [3.05, 3.63) is 0 Å². The third-order valence-electron chi connectivity index (χ3n) is 7.06. The quantitative estimate of drug-likeness (QED) is 0.134. The highest BCUT2D eigenvalue weighted by Crippen LogP contribution is 2.24. The molecule has 1 rings (SSSR count). The third kappa shape index (κ3) is 12.6. The molecule has 0 aromatic heterocycles. The van der Waals surface area contributed by atoms with E-state index < -0.39 is 54.9 Å². The van der Waals surface area contributed by atoms with Crippen molar-refractivity contribution in [3.63, 3.8) is 0 Å². The van der Waals surface area contributed by atoms with Gasteiger partial charge in [0.05, 0.1) is 24.9 Å². The fourth-order valence-electron chi connectivity index (χ4n) is 4.71. The van der Waals surface area contributed by atoms with Gasteiger partial charge < -0.3 is 40.3 Å². The minimum atomic E-state index is -1.48. The number of nitrogens with one attached hydrogen (secondary N) is 1. The van der Waals surface area contributed by atoms with Crippen LogP contribution < -0.4 is 5.32 Å². The van der Waals surface area contributed by atoms with Gasteiger partial charge in [0.25, 0.3) is 0 Å². The highest BCUT2D eigenvalue weighted by molar-refractivity contribution is 5.73. The van der Waals surface area contributed by atoms with E-state index in [0.29, 0.717) is 12.8 Å². The molecule has 0 spiro atoms. The van der Waals surface area contributed by atoms with Gasteiger partial charge in [-0.25, -0.2) is 0 Å². The summed E-state index contributed by atoms with van der Waals surface area (Å²) in [7, 11) is 0. The first-order valence-electron chi connectivity index (χ1n) is 14.2. The summed E-state index contributed by atoms with van der Waals surface area (Å²) in [6.07, 6.45) is 6.89. The molecule has 1 aliphatic heterocycles. The van der Waals surface area contributed by atoms with Crippen molar-refractivity contribution in [2.75, 3.05) is 6.61 Å². The van der Waals surface area contributed by atoms with Crippen LogP contribution in [0.25, 0.3) is 0 Å². The first kappa shape index (κ1) is 33.2. The highest BCUT2D eigenvalue weighted by Gasteiger charge is 2.44. The SMILES string of the molecule is CCCCCCCCCCCCCC[C@@H](O)C(O)[C@H](CO[C@H]1OC(CC)[C@H](O)[C@H](O)C1O)NC(C)=O. The predicted octanol–water partition coefficient (Wildman–Crippen LogP) is 2.54. The lowest BCUT2D eigenvalue weighted by Crippen LogP contribution is -2.59. The Balaban J connectivity index is 2.34. The molecule has 9 heteroatoms. The zero-order valence-electron chi connectivity index (χ0n) is 22.7. The van der Waals surface area contributed by atoms with Crippen LogP contribution in [0.1, 0.15) is 111 Å². The molecule has 6 N–H and O–H groups in total. The van der Waals surface area contributed by atoms with E-state index in [2.05, 4.69) is 12.2 Å². The molecule has 1 amide bonds. The zero-order valence-corrected chi connectivity index (χ0v) is 22.7. The number of carbonyl (C=O) groups excluding carboxylic acids is 1. The fourth-order valence-corrected chi connectivity index (χ4v) is 4.71. The number of ether oxygens (including phenoxy) is 2. The maximum Gasteiger partial charge on any atom is 0.217 e. The van der Waals surface area contributed by atoms with Crippen molar-refractivity contribution >= 4 is 5.91 Å². The van der Waals surface area contributed by atoms with Gasteiger partial charge in [-0.3, -0.25) is 4.79 Å². The Kier molecular flexibility index (Phi) is 17.8. The Hall–Kier alpha value is -0.810. The van der Waals surface area contributed by atoms with Crippen LogP contribution in [0.4, 0.5) is 0 Å². The van der Waals surface area contributed by atoms with Gasteiger partial charge in [0, 0.05) is 6.92 Å². The largest absolute Gasteiger partial charge is 0.390 e. The lowest BCUT2D eigenvalue weighted by molar-refractivity contribution is -0.299. The monoisotopic (exact) mass is 519 g/mol. The maximum absolute atomic E-state index is 11.6. The van der Waals surface area contributed by atoms with Crippen molar-refractivity contribution in [2.45, 2.75) is 160 Å². The van der Waals surface area contributed by atoms with Crippen LogP contribution in [-0.4, -0.2) is 87.0 Å². The van der Waals surface area contributed by atoms with Gasteiger partial charge >= 0.3 is 0 Å². The lowest BCUT2D eigenvalue weighted by atomic mass is 9.97. The molecule has 3 unspecified atom stereocenters. The summed E-state index contributed by atoms with van der Waals surface area (Å²) in [4.78, 5) is 11.6. The summed E-state index contributed by atoms with van der Waals surface area (Å²) in [6, 6.07) is -0.922. The zero-order chi connectivity index (χ0) is 26.9. The predicted molar refractivity (Wildman–Crippen MR) is 138 cm³/mol. The fraction of sp³-hybridized carbons (Fsp3) is 0.963. The molecule has 0 saturated carbocycles. The molecule has 8 atom stereocenters. The number of rotatable bonds is 20. The van der Waals surface area contributed by atoms with Crippen LogP contribution in [-0.2, 0) is 14.3 Å². The number of hydrogen-bond acceptors (Lipinski definition) is 8. The van der Waals surface area contributed by atoms with E-state index in [1.165, 1.54) is 64.7 Å². The maximum atomic E-state index is 11.6. The first-order chi connectivity index (χ1) is 17.2. The first-order valence-corrected chi connectivity index (χ1v) is 14.2. The van der Waals surface area contributed by atoms with E-state index in [-0.39, 0.29) is 6.61 Å².